The molecule has 31 heavy (non-hydrogen) atoms. The molecule has 0 N–H and O–H groups in total. The predicted octanol–water partition coefficient (Wildman–Crippen LogP) is 3.12. The van der Waals surface area contributed by atoms with E-state index in [2.05, 4.69) is 21.0 Å². The molecule has 2 amide bonds. The first-order valence-electron chi connectivity index (χ1n) is 10.1. The largest absolute Gasteiger partial charge is 0.489 e. The van der Waals surface area contributed by atoms with Crippen LogP contribution >= 0.6 is 15.9 Å². The molecule has 0 fully saturated rings. The Labute approximate surface area is 188 Å². The molecule has 0 unspecified atom stereocenters. The number of carbonyl (C=O) groups is 2. The van der Waals surface area contributed by atoms with Crippen molar-refractivity contribution in [3.8, 4) is 5.75 Å². The van der Waals surface area contributed by atoms with Crippen LogP contribution in [0.1, 0.15) is 21.6 Å². The molecule has 0 bridgehead atoms. The number of amides is 2. The summed E-state index contributed by atoms with van der Waals surface area (Å²) in [5.74, 6) is 0.237. The Bertz CT molecular complexity index is 1160. The quantitative estimate of drug-likeness (QED) is 0.577. The minimum atomic E-state index is -0.698. The van der Waals surface area contributed by atoms with Gasteiger partial charge in [-0.2, -0.15) is 5.10 Å². The van der Waals surface area contributed by atoms with Crippen LogP contribution in [0.15, 0.2) is 59.2 Å². The first-order valence-corrected chi connectivity index (χ1v) is 10.9. The number of ether oxygens (including phenoxy) is 1. The van der Waals surface area contributed by atoms with Gasteiger partial charge in [-0.1, -0.05) is 42.5 Å². The Morgan fingerprint density at radius 2 is 1.84 bits per heavy atom. The molecule has 158 valence electrons. The first-order chi connectivity index (χ1) is 15.0. The summed E-state index contributed by atoms with van der Waals surface area (Å²) in [6.45, 7) is 1.11. The van der Waals surface area contributed by atoms with Gasteiger partial charge in [0, 0.05) is 19.2 Å². The molecule has 1 atom stereocenters. The molecule has 5 rings (SSSR count). The number of nitrogens with zero attached hydrogens (tertiary/aromatic N) is 4. The zero-order valence-electron chi connectivity index (χ0n) is 17.0. The van der Waals surface area contributed by atoms with Crippen LogP contribution < -0.4 is 9.64 Å². The summed E-state index contributed by atoms with van der Waals surface area (Å²) in [5, 5.41) is 4.59. The van der Waals surface area contributed by atoms with E-state index in [0.29, 0.717) is 36.6 Å². The highest BCUT2D eigenvalue weighted by atomic mass is 79.9. The van der Waals surface area contributed by atoms with Crippen molar-refractivity contribution in [1.82, 2.24) is 14.7 Å². The zero-order valence-corrected chi connectivity index (χ0v) is 18.6. The highest BCUT2D eigenvalue weighted by Crippen LogP contribution is 2.33. The van der Waals surface area contributed by atoms with E-state index in [0.717, 1.165) is 15.7 Å². The minimum absolute atomic E-state index is 0.118. The summed E-state index contributed by atoms with van der Waals surface area (Å²) in [6, 6.07) is 16.7. The number of halogens is 1. The second kappa shape index (κ2) is 7.85. The third-order valence-corrected chi connectivity index (χ3v) is 6.73. The van der Waals surface area contributed by atoms with Crippen molar-refractivity contribution in [2.24, 2.45) is 0 Å². The van der Waals surface area contributed by atoms with Crippen LogP contribution in [0.5, 0.6) is 5.75 Å². The Morgan fingerprint density at radius 3 is 2.65 bits per heavy atom. The van der Waals surface area contributed by atoms with E-state index in [9.17, 15) is 9.59 Å². The third-order valence-electron chi connectivity index (χ3n) is 5.84. The van der Waals surface area contributed by atoms with Crippen LogP contribution in [0.3, 0.4) is 0 Å². The minimum Gasteiger partial charge on any atom is -0.489 e. The van der Waals surface area contributed by atoms with E-state index >= 15 is 0 Å². The van der Waals surface area contributed by atoms with E-state index in [1.165, 1.54) is 0 Å². The summed E-state index contributed by atoms with van der Waals surface area (Å²) < 4.78 is 8.52. The lowest BCUT2D eigenvalue weighted by Gasteiger charge is -2.33. The van der Waals surface area contributed by atoms with Crippen molar-refractivity contribution in [2.75, 3.05) is 25.1 Å². The SMILES string of the molecule is CN1C(=O)[C@@H](N2CCc3c(nn(Cc4ccccc4)c3Br)C2=O)COc2ccccc21. The number of likely N-dealkylation sites (N-methyl/N-ethyl adjacent to an activating group) is 1. The van der Waals surface area contributed by atoms with Crippen LogP contribution in [-0.4, -0.2) is 52.7 Å². The lowest BCUT2D eigenvalue weighted by atomic mass is 10.0. The van der Waals surface area contributed by atoms with Crippen molar-refractivity contribution in [3.63, 3.8) is 0 Å². The molecule has 8 heteroatoms. The van der Waals surface area contributed by atoms with E-state index in [1.807, 2.05) is 54.6 Å². The van der Waals surface area contributed by atoms with E-state index in [4.69, 9.17) is 4.74 Å². The van der Waals surface area contributed by atoms with Crippen molar-refractivity contribution in [3.05, 3.63) is 76.0 Å². The molecule has 0 aliphatic carbocycles. The normalized spacial score (nSPS) is 18.3. The second-order valence-electron chi connectivity index (χ2n) is 7.70. The monoisotopic (exact) mass is 480 g/mol. The number of rotatable bonds is 3. The van der Waals surface area contributed by atoms with Gasteiger partial charge in [-0.05, 0) is 40.0 Å². The number of hydrogen-bond acceptors (Lipinski definition) is 4. The van der Waals surface area contributed by atoms with Gasteiger partial charge in [0.05, 0.1) is 12.2 Å². The van der Waals surface area contributed by atoms with Gasteiger partial charge in [0.1, 0.15) is 23.0 Å². The van der Waals surface area contributed by atoms with Crippen molar-refractivity contribution in [1.29, 1.82) is 0 Å². The molecule has 3 heterocycles. The molecular weight excluding hydrogens is 460 g/mol. The van der Waals surface area contributed by atoms with Gasteiger partial charge in [-0.3, -0.25) is 14.3 Å². The summed E-state index contributed by atoms with van der Waals surface area (Å²) in [5.41, 5.74) is 3.08. The molecule has 2 aliphatic rings. The number of fused-ring (bicyclic) bond motifs is 2. The summed E-state index contributed by atoms with van der Waals surface area (Å²) >= 11 is 3.62. The Kier molecular flexibility index (Phi) is 5.02. The molecule has 1 aromatic heterocycles. The van der Waals surface area contributed by atoms with E-state index < -0.39 is 6.04 Å². The van der Waals surface area contributed by atoms with Crippen molar-refractivity contribution < 1.29 is 14.3 Å². The van der Waals surface area contributed by atoms with Crippen LogP contribution in [0.25, 0.3) is 0 Å². The van der Waals surface area contributed by atoms with Crippen LogP contribution in [0, 0.1) is 0 Å². The van der Waals surface area contributed by atoms with Gasteiger partial charge in [-0.15, -0.1) is 0 Å². The fourth-order valence-electron chi connectivity index (χ4n) is 4.16. The van der Waals surface area contributed by atoms with Gasteiger partial charge in [0.15, 0.2) is 5.69 Å². The molecule has 2 aromatic carbocycles. The predicted molar refractivity (Wildman–Crippen MR) is 119 cm³/mol. The van der Waals surface area contributed by atoms with Gasteiger partial charge in [-0.25, -0.2) is 0 Å². The number of hydrogen-bond donors (Lipinski definition) is 0. The molecular formula is C23H21BrN4O3. The molecule has 0 saturated heterocycles. The van der Waals surface area contributed by atoms with Gasteiger partial charge < -0.3 is 14.5 Å². The molecule has 0 radical (unpaired) electrons. The lowest BCUT2D eigenvalue weighted by Crippen LogP contribution is -2.54. The molecule has 3 aromatic rings. The van der Waals surface area contributed by atoms with Crippen LogP contribution in [-0.2, 0) is 17.8 Å². The number of carbonyl (C=O) groups excluding carboxylic acids is 2. The van der Waals surface area contributed by atoms with Crippen LogP contribution in [0.4, 0.5) is 5.69 Å². The maximum atomic E-state index is 13.4. The molecule has 2 aliphatic heterocycles. The molecule has 7 nitrogen and oxygen atoms in total. The fraction of sp³-hybridized carbons (Fsp3) is 0.261. The Morgan fingerprint density at radius 1 is 1.10 bits per heavy atom. The molecule has 0 saturated carbocycles. The summed E-state index contributed by atoms with van der Waals surface area (Å²) in [6.07, 6.45) is 0.622. The first kappa shape index (κ1) is 19.8. The van der Waals surface area contributed by atoms with Gasteiger partial charge >= 0.3 is 0 Å². The highest BCUT2D eigenvalue weighted by Gasteiger charge is 2.40. The van der Waals surface area contributed by atoms with Gasteiger partial charge in [0.25, 0.3) is 11.8 Å². The maximum Gasteiger partial charge on any atom is 0.275 e. The van der Waals surface area contributed by atoms with E-state index in [-0.39, 0.29) is 18.4 Å². The smallest absolute Gasteiger partial charge is 0.275 e. The van der Waals surface area contributed by atoms with E-state index in [1.54, 1.807) is 21.5 Å². The standard InChI is InChI=1S/C23H21BrN4O3/c1-26-17-9-5-6-10-19(17)31-14-18(22(26)29)27-12-11-16-20(23(27)30)25-28(21(16)24)13-15-7-3-2-4-8-15/h2-10,18H,11-14H2,1H3/t18-/m0/s1. The zero-order chi connectivity index (χ0) is 21.5. The van der Waals surface area contributed by atoms with Gasteiger partial charge in [0.2, 0.25) is 0 Å². The molecule has 0 spiro atoms. The number of anilines is 1. The number of para-hydroxylation sites is 2. The maximum absolute atomic E-state index is 13.4. The Hall–Kier alpha value is -3.13. The highest BCUT2D eigenvalue weighted by molar-refractivity contribution is 9.10. The average molecular weight is 481 g/mol. The van der Waals surface area contributed by atoms with Crippen LogP contribution in [0.2, 0.25) is 0 Å². The average Bonchev–Trinajstić information content (AvgIpc) is 3.05. The number of aromatic nitrogens is 2. The summed E-state index contributed by atoms with van der Waals surface area (Å²) in [4.78, 5) is 29.7. The summed E-state index contributed by atoms with van der Waals surface area (Å²) in [7, 11) is 1.72. The third kappa shape index (κ3) is 3.40. The Balaban J connectivity index is 1.42. The second-order valence-corrected chi connectivity index (χ2v) is 8.45. The fourth-order valence-corrected chi connectivity index (χ4v) is 4.75. The lowest BCUT2D eigenvalue weighted by molar-refractivity contribution is -0.123. The van der Waals surface area contributed by atoms with Crippen molar-refractivity contribution >= 4 is 33.4 Å². The topological polar surface area (TPSA) is 67.7 Å². The number of benzene rings is 2. The van der Waals surface area contributed by atoms with Crippen molar-refractivity contribution in [2.45, 2.75) is 19.0 Å².